The third kappa shape index (κ3) is 4.73. The average molecular weight is 390 g/mol. The molecule has 3 atom stereocenters. The number of rotatable bonds is 6. The summed E-state index contributed by atoms with van der Waals surface area (Å²) in [5, 5.41) is 15.1. The van der Waals surface area contributed by atoms with Crippen molar-refractivity contribution in [3.63, 3.8) is 0 Å². The molecule has 2 N–H and O–H groups in total. The number of thiophene rings is 1. The van der Waals surface area contributed by atoms with Crippen LogP contribution >= 0.6 is 11.3 Å². The Labute approximate surface area is 161 Å². The van der Waals surface area contributed by atoms with Gasteiger partial charge in [-0.1, -0.05) is 18.2 Å². The van der Waals surface area contributed by atoms with E-state index in [-0.39, 0.29) is 11.8 Å². The number of hydrogen-bond donors (Lipinski definition) is 2. The lowest BCUT2D eigenvalue weighted by molar-refractivity contribution is -0.138. The van der Waals surface area contributed by atoms with E-state index in [9.17, 15) is 19.1 Å². The second kappa shape index (κ2) is 8.63. The maximum absolute atomic E-state index is 13.4. The summed E-state index contributed by atoms with van der Waals surface area (Å²) in [5.41, 5.74) is 0.403. The Kier molecular flexibility index (Phi) is 6.23. The van der Waals surface area contributed by atoms with Gasteiger partial charge in [-0.2, -0.15) is 0 Å². The summed E-state index contributed by atoms with van der Waals surface area (Å²) in [6.07, 6.45) is 0.643. The predicted octanol–water partition coefficient (Wildman–Crippen LogP) is 2.66. The Bertz CT molecular complexity index is 796. The van der Waals surface area contributed by atoms with E-state index in [0.717, 1.165) is 11.3 Å². The minimum absolute atomic E-state index is 0.0616. The predicted molar refractivity (Wildman–Crippen MR) is 102 cm³/mol. The molecular weight excluding hydrogens is 367 g/mol. The fourth-order valence-electron chi connectivity index (χ4n) is 3.38. The highest BCUT2D eigenvalue weighted by Gasteiger charge is 2.35. The van der Waals surface area contributed by atoms with Gasteiger partial charge in [-0.05, 0) is 48.9 Å². The monoisotopic (exact) mass is 390 g/mol. The number of aliphatic hydroxyl groups excluding tert-OH is 1. The van der Waals surface area contributed by atoms with E-state index in [1.807, 2.05) is 17.5 Å². The van der Waals surface area contributed by atoms with Gasteiger partial charge >= 0.3 is 0 Å². The second-order valence-electron chi connectivity index (χ2n) is 6.80. The average Bonchev–Trinajstić information content (AvgIpc) is 3.32. The van der Waals surface area contributed by atoms with Crippen LogP contribution in [0.5, 0.6) is 0 Å². The van der Waals surface area contributed by atoms with E-state index in [4.69, 9.17) is 0 Å². The SMILES string of the molecule is CC(NC(=O)C1CCCN1C(=O)Cc1cccs1)C(O)c1cccc(F)c1. The lowest BCUT2D eigenvalue weighted by atomic mass is 10.0. The lowest BCUT2D eigenvalue weighted by Gasteiger charge is -2.27. The molecule has 5 nitrogen and oxygen atoms in total. The smallest absolute Gasteiger partial charge is 0.243 e. The van der Waals surface area contributed by atoms with Crippen molar-refractivity contribution in [3.8, 4) is 0 Å². The minimum atomic E-state index is -1.03. The summed E-state index contributed by atoms with van der Waals surface area (Å²) in [6.45, 7) is 2.23. The molecule has 2 aromatic rings. The van der Waals surface area contributed by atoms with Crippen molar-refractivity contribution in [1.82, 2.24) is 10.2 Å². The highest BCUT2D eigenvalue weighted by Crippen LogP contribution is 2.22. The molecule has 3 unspecified atom stereocenters. The summed E-state index contributed by atoms with van der Waals surface area (Å²) in [7, 11) is 0. The molecule has 0 spiro atoms. The number of carbonyl (C=O) groups excluding carboxylic acids is 2. The van der Waals surface area contributed by atoms with Crippen molar-refractivity contribution < 1.29 is 19.1 Å². The number of nitrogens with one attached hydrogen (secondary N) is 1. The van der Waals surface area contributed by atoms with Crippen molar-refractivity contribution in [2.24, 2.45) is 0 Å². The van der Waals surface area contributed by atoms with Gasteiger partial charge in [-0.3, -0.25) is 9.59 Å². The fraction of sp³-hybridized carbons (Fsp3) is 0.400. The third-order valence-electron chi connectivity index (χ3n) is 4.82. The molecule has 3 rings (SSSR count). The Morgan fingerprint density at radius 1 is 1.37 bits per heavy atom. The minimum Gasteiger partial charge on any atom is -0.386 e. The first-order chi connectivity index (χ1) is 13.0. The maximum atomic E-state index is 13.4. The molecule has 0 saturated carbocycles. The molecule has 144 valence electrons. The highest BCUT2D eigenvalue weighted by molar-refractivity contribution is 7.10. The number of likely N-dealkylation sites (tertiary alicyclic amines) is 1. The van der Waals surface area contributed by atoms with Crippen LogP contribution in [0.25, 0.3) is 0 Å². The summed E-state index contributed by atoms with van der Waals surface area (Å²) in [5.74, 6) is -0.783. The van der Waals surface area contributed by atoms with Crippen LogP contribution < -0.4 is 5.32 Å². The first-order valence-corrected chi connectivity index (χ1v) is 9.89. The zero-order valence-corrected chi connectivity index (χ0v) is 15.9. The number of benzene rings is 1. The van der Waals surface area contributed by atoms with Crippen molar-refractivity contribution in [2.75, 3.05) is 6.54 Å². The van der Waals surface area contributed by atoms with Gasteiger partial charge < -0.3 is 15.3 Å². The van der Waals surface area contributed by atoms with Crippen LogP contribution in [0.4, 0.5) is 4.39 Å². The van der Waals surface area contributed by atoms with E-state index in [1.54, 1.807) is 17.9 Å². The third-order valence-corrected chi connectivity index (χ3v) is 5.69. The molecule has 1 saturated heterocycles. The number of aliphatic hydroxyl groups is 1. The van der Waals surface area contributed by atoms with Crippen LogP contribution in [-0.4, -0.2) is 40.4 Å². The van der Waals surface area contributed by atoms with Crippen molar-refractivity contribution in [3.05, 3.63) is 58.0 Å². The van der Waals surface area contributed by atoms with Gasteiger partial charge in [0.15, 0.2) is 0 Å². The lowest BCUT2D eigenvalue weighted by Crippen LogP contribution is -2.49. The Hall–Kier alpha value is -2.25. The molecule has 27 heavy (non-hydrogen) atoms. The number of halogens is 1. The second-order valence-corrected chi connectivity index (χ2v) is 7.83. The topological polar surface area (TPSA) is 69.6 Å². The van der Waals surface area contributed by atoms with Gasteiger partial charge in [0.1, 0.15) is 11.9 Å². The Morgan fingerprint density at radius 3 is 2.89 bits per heavy atom. The largest absolute Gasteiger partial charge is 0.386 e. The van der Waals surface area contributed by atoms with Crippen LogP contribution in [0, 0.1) is 5.82 Å². The van der Waals surface area contributed by atoms with Crippen LogP contribution in [0.1, 0.15) is 36.3 Å². The van der Waals surface area contributed by atoms with Crippen LogP contribution in [-0.2, 0) is 16.0 Å². The molecular formula is C20H23FN2O3S. The molecule has 1 aliphatic heterocycles. The molecule has 1 aromatic carbocycles. The van der Waals surface area contributed by atoms with E-state index < -0.39 is 24.0 Å². The van der Waals surface area contributed by atoms with Gasteiger partial charge in [-0.25, -0.2) is 4.39 Å². The van der Waals surface area contributed by atoms with Gasteiger partial charge in [0.05, 0.1) is 18.6 Å². The van der Waals surface area contributed by atoms with Crippen molar-refractivity contribution in [1.29, 1.82) is 0 Å². The van der Waals surface area contributed by atoms with E-state index >= 15 is 0 Å². The molecule has 7 heteroatoms. The van der Waals surface area contributed by atoms with Crippen LogP contribution in [0.2, 0.25) is 0 Å². The first kappa shape index (κ1) is 19.5. The molecule has 1 fully saturated rings. The Balaban J connectivity index is 1.61. The molecule has 0 bridgehead atoms. The standard InChI is InChI=1S/C20H23FN2O3S/c1-13(19(25)14-5-2-6-15(21)11-14)22-20(26)17-8-3-9-23(17)18(24)12-16-7-4-10-27-16/h2,4-7,10-11,13,17,19,25H,3,8-9,12H2,1H3,(H,22,26). The van der Waals surface area contributed by atoms with Gasteiger partial charge in [0.25, 0.3) is 0 Å². The summed E-state index contributed by atoms with van der Waals surface area (Å²) < 4.78 is 13.4. The number of hydrogen-bond acceptors (Lipinski definition) is 4. The molecule has 0 radical (unpaired) electrons. The van der Waals surface area contributed by atoms with Gasteiger partial charge in [-0.15, -0.1) is 11.3 Å². The summed E-state index contributed by atoms with van der Waals surface area (Å²) in [4.78, 5) is 27.9. The highest BCUT2D eigenvalue weighted by atomic mass is 32.1. The molecule has 2 heterocycles. The van der Waals surface area contributed by atoms with E-state index in [2.05, 4.69) is 5.32 Å². The summed E-state index contributed by atoms with van der Waals surface area (Å²) >= 11 is 1.52. The van der Waals surface area contributed by atoms with Gasteiger partial charge in [0, 0.05) is 11.4 Å². The van der Waals surface area contributed by atoms with E-state index in [0.29, 0.717) is 24.9 Å². The normalized spacial score (nSPS) is 18.9. The number of carbonyl (C=O) groups is 2. The van der Waals surface area contributed by atoms with Crippen molar-refractivity contribution in [2.45, 2.75) is 44.4 Å². The fourth-order valence-corrected chi connectivity index (χ4v) is 4.08. The molecule has 1 aliphatic rings. The maximum Gasteiger partial charge on any atom is 0.243 e. The summed E-state index contributed by atoms with van der Waals surface area (Å²) in [6, 6.07) is 8.36. The molecule has 2 amide bonds. The number of nitrogens with zero attached hydrogens (tertiary/aromatic N) is 1. The zero-order chi connectivity index (χ0) is 19.4. The van der Waals surface area contributed by atoms with Crippen molar-refractivity contribution >= 4 is 23.2 Å². The quantitative estimate of drug-likeness (QED) is 0.797. The van der Waals surface area contributed by atoms with Gasteiger partial charge in [0.2, 0.25) is 11.8 Å². The molecule has 1 aromatic heterocycles. The zero-order valence-electron chi connectivity index (χ0n) is 15.1. The van der Waals surface area contributed by atoms with Crippen LogP contribution in [0.15, 0.2) is 41.8 Å². The Morgan fingerprint density at radius 2 is 2.19 bits per heavy atom. The number of amides is 2. The van der Waals surface area contributed by atoms with E-state index in [1.165, 1.54) is 29.5 Å². The van der Waals surface area contributed by atoms with Crippen LogP contribution in [0.3, 0.4) is 0 Å². The first-order valence-electron chi connectivity index (χ1n) is 9.01. The molecule has 0 aliphatic carbocycles.